The zero-order chi connectivity index (χ0) is 14.9. The summed E-state index contributed by atoms with van der Waals surface area (Å²) < 4.78 is 4.81. The molecule has 0 spiro atoms. The summed E-state index contributed by atoms with van der Waals surface area (Å²) in [6, 6.07) is 17.7. The van der Waals surface area contributed by atoms with Gasteiger partial charge in [0.15, 0.2) is 0 Å². The quantitative estimate of drug-likeness (QED) is 0.684. The van der Waals surface area contributed by atoms with Gasteiger partial charge in [-0.1, -0.05) is 30.0 Å². The van der Waals surface area contributed by atoms with Gasteiger partial charge in [-0.3, -0.25) is 4.79 Å². The van der Waals surface area contributed by atoms with Gasteiger partial charge >= 0.3 is 5.97 Å². The number of nitrogens with one attached hydrogen (secondary N) is 1. The van der Waals surface area contributed by atoms with Crippen LogP contribution in [0, 0.1) is 11.8 Å². The Morgan fingerprint density at radius 3 is 2.38 bits per heavy atom. The first kappa shape index (κ1) is 14.7. The molecule has 2 aromatic carbocycles. The second-order valence-corrected chi connectivity index (χ2v) is 4.35. The van der Waals surface area contributed by atoms with Crippen LogP contribution < -0.4 is 5.32 Å². The van der Waals surface area contributed by atoms with Crippen molar-refractivity contribution in [3.8, 4) is 11.8 Å². The number of esters is 1. The molecule has 0 atom stereocenters. The third kappa shape index (κ3) is 5.04. The van der Waals surface area contributed by atoms with E-state index in [0.717, 1.165) is 16.9 Å². The SMILES string of the molecule is CCOC(=O)CC#Cc1ccc(Nc2ccccc2)cc1. The molecule has 0 unspecified atom stereocenters. The van der Waals surface area contributed by atoms with Crippen LogP contribution in [0.1, 0.15) is 18.9 Å². The average molecular weight is 279 g/mol. The number of hydrogen-bond donors (Lipinski definition) is 1. The van der Waals surface area contributed by atoms with E-state index in [1.807, 2.05) is 54.6 Å². The molecule has 106 valence electrons. The van der Waals surface area contributed by atoms with Crippen LogP contribution in [0.25, 0.3) is 0 Å². The molecule has 21 heavy (non-hydrogen) atoms. The molecule has 0 aliphatic heterocycles. The van der Waals surface area contributed by atoms with Gasteiger partial charge in [-0.25, -0.2) is 0 Å². The van der Waals surface area contributed by atoms with E-state index in [0.29, 0.717) is 6.61 Å². The first-order valence-corrected chi connectivity index (χ1v) is 6.84. The number of hydrogen-bond acceptors (Lipinski definition) is 3. The third-order valence-electron chi connectivity index (χ3n) is 2.72. The number of carbonyl (C=O) groups is 1. The molecule has 0 radical (unpaired) electrons. The van der Waals surface area contributed by atoms with Crippen molar-refractivity contribution in [2.75, 3.05) is 11.9 Å². The lowest BCUT2D eigenvalue weighted by atomic mass is 10.2. The molecule has 1 N–H and O–H groups in total. The van der Waals surface area contributed by atoms with Crippen molar-refractivity contribution < 1.29 is 9.53 Å². The minimum atomic E-state index is -0.285. The Hall–Kier alpha value is -2.73. The highest BCUT2D eigenvalue weighted by atomic mass is 16.5. The number of benzene rings is 2. The Morgan fingerprint density at radius 1 is 1.05 bits per heavy atom. The van der Waals surface area contributed by atoms with Crippen LogP contribution in [0.15, 0.2) is 54.6 Å². The number of ether oxygens (including phenoxy) is 1. The Morgan fingerprint density at radius 2 is 1.71 bits per heavy atom. The zero-order valence-corrected chi connectivity index (χ0v) is 11.9. The van der Waals surface area contributed by atoms with Crippen LogP contribution in [0.2, 0.25) is 0 Å². The summed E-state index contributed by atoms with van der Waals surface area (Å²) in [6.45, 7) is 2.17. The van der Waals surface area contributed by atoms with E-state index < -0.39 is 0 Å². The van der Waals surface area contributed by atoms with Crippen LogP contribution in [0.5, 0.6) is 0 Å². The molecule has 0 saturated carbocycles. The fourth-order valence-electron chi connectivity index (χ4n) is 1.76. The van der Waals surface area contributed by atoms with Crippen molar-refractivity contribution in [1.29, 1.82) is 0 Å². The van der Waals surface area contributed by atoms with E-state index in [2.05, 4.69) is 17.2 Å². The summed E-state index contributed by atoms with van der Waals surface area (Å²) in [5, 5.41) is 3.30. The Kier molecular flexibility index (Phi) is 5.42. The molecule has 2 rings (SSSR count). The van der Waals surface area contributed by atoms with E-state index >= 15 is 0 Å². The van der Waals surface area contributed by atoms with Crippen LogP contribution in [0.4, 0.5) is 11.4 Å². The maximum atomic E-state index is 11.2. The third-order valence-corrected chi connectivity index (χ3v) is 2.72. The molecule has 0 bridgehead atoms. The van der Waals surface area contributed by atoms with Gasteiger partial charge in [0, 0.05) is 16.9 Å². The van der Waals surface area contributed by atoms with Crippen LogP contribution >= 0.6 is 0 Å². The van der Waals surface area contributed by atoms with Crippen molar-refractivity contribution in [3.05, 3.63) is 60.2 Å². The summed E-state index contributed by atoms with van der Waals surface area (Å²) in [7, 11) is 0. The molecule has 0 aromatic heterocycles. The van der Waals surface area contributed by atoms with E-state index in [1.165, 1.54) is 0 Å². The maximum Gasteiger partial charge on any atom is 0.317 e. The minimum Gasteiger partial charge on any atom is -0.465 e. The lowest BCUT2D eigenvalue weighted by Crippen LogP contribution is -2.01. The standard InChI is InChI=1S/C18H17NO2/c1-2-21-18(20)10-6-7-15-11-13-17(14-12-15)19-16-8-4-3-5-9-16/h3-5,8-9,11-14,19H,2,10H2,1H3. The topological polar surface area (TPSA) is 38.3 Å². The van der Waals surface area contributed by atoms with Gasteiger partial charge in [-0.05, 0) is 43.3 Å². The van der Waals surface area contributed by atoms with Crippen molar-refractivity contribution in [1.82, 2.24) is 0 Å². The highest BCUT2D eigenvalue weighted by Crippen LogP contribution is 2.16. The Bertz CT molecular complexity index is 636. The second kappa shape index (κ2) is 7.76. The molecular weight excluding hydrogens is 262 g/mol. The first-order valence-electron chi connectivity index (χ1n) is 6.84. The fourth-order valence-corrected chi connectivity index (χ4v) is 1.76. The summed E-state index contributed by atoms with van der Waals surface area (Å²) in [4.78, 5) is 11.2. The molecule has 3 nitrogen and oxygen atoms in total. The van der Waals surface area contributed by atoms with Crippen molar-refractivity contribution >= 4 is 17.3 Å². The van der Waals surface area contributed by atoms with Gasteiger partial charge in [0.1, 0.15) is 6.42 Å². The van der Waals surface area contributed by atoms with Crippen LogP contribution in [-0.4, -0.2) is 12.6 Å². The van der Waals surface area contributed by atoms with Gasteiger partial charge < -0.3 is 10.1 Å². The summed E-state index contributed by atoms with van der Waals surface area (Å²) >= 11 is 0. The van der Waals surface area contributed by atoms with Gasteiger partial charge in [-0.15, -0.1) is 0 Å². The van der Waals surface area contributed by atoms with Gasteiger partial charge in [-0.2, -0.15) is 0 Å². The first-order chi connectivity index (χ1) is 10.3. The normalized spacial score (nSPS) is 9.38. The minimum absolute atomic E-state index is 0.123. The predicted molar refractivity (Wildman–Crippen MR) is 84.3 cm³/mol. The largest absolute Gasteiger partial charge is 0.465 e. The average Bonchev–Trinajstić information content (AvgIpc) is 2.50. The summed E-state index contributed by atoms with van der Waals surface area (Å²) in [6.07, 6.45) is 0.123. The Labute approximate surface area is 125 Å². The van der Waals surface area contributed by atoms with Gasteiger partial charge in [0.05, 0.1) is 6.61 Å². The molecular formula is C18H17NO2. The molecule has 2 aromatic rings. The molecule has 0 aliphatic rings. The lowest BCUT2D eigenvalue weighted by Gasteiger charge is -2.05. The fraction of sp³-hybridized carbons (Fsp3) is 0.167. The van der Waals surface area contributed by atoms with E-state index in [-0.39, 0.29) is 12.4 Å². The maximum absolute atomic E-state index is 11.2. The number of anilines is 2. The zero-order valence-electron chi connectivity index (χ0n) is 11.9. The summed E-state index contributed by atoms with van der Waals surface area (Å²) in [5.74, 6) is 5.47. The highest BCUT2D eigenvalue weighted by molar-refractivity contribution is 5.72. The number of carbonyl (C=O) groups excluding carboxylic acids is 1. The molecule has 0 saturated heterocycles. The van der Waals surface area contributed by atoms with Crippen molar-refractivity contribution in [3.63, 3.8) is 0 Å². The van der Waals surface area contributed by atoms with E-state index in [1.54, 1.807) is 6.92 Å². The van der Waals surface area contributed by atoms with E-state index in [9.17, 15) is 4.79 Å². The molecule has 0 heterocycles. The van der Waals surface area contributed by atoms with Crippen molar-refractivity contribution in [2.45, 2.75) is 13.3 Å². The predicted octanol–water partition coefficient (Wildman–Crippen LogP) is 3.73. The van der Waals surface area contributed by atoms with Gasteiger partial charge in [0.25, 0.3) is 0 Å². The molecule has 0 aliphatic carbocycles. The van der Waals surface area contributed by atoms with Crippen LogP contribution in [-0.2, 0) is 9.53 Å². The second-order valence-electron chi connectivity index (χ2n) is 4.35. The van der Waals surface area contributed by atoms with E-state index in [4.69, 9.17) is 4.74 Å². The summed E-state index contributed by atoms with van der Waals surface area (Å²) in [5.41, 5.74) is 2.91. The Balaban J connectivity index is 1.93. The number of para-hydroxylation sites is 1. The lowest BCUT2D eigenvalue weighted by molar-refractivity contribution is -0.141. The van der Waals surface area contributed by atoms with Crippen LogP contribution in [0.3, 0.4) is 0 Å². The molecule has 3 heteroatoms. The highest BCUT2D eigenvalue weighted by Gasteiger charge is 1.97. The number of rotatable bonds is 4. The molecule has 0 amide bonds. The van der Waals surface area contributed by atoms with Crippen molar-refractivity contribution in [2.24, 2.45) is 0 Å². The monoisotopic (exact) mass is 279 g/mol. The smallest absolute Gasteiger partial charge is 0.317 e. The molecule has 0 fully saturated rings. The van der Waals surface area contributed by atoms with Gasteiger partial charge in [0.2, 0.25) is 0 Å².